The standard InChI is InChI=1S/C17H20N2O3S/c1-14-8-10-15(11-9-14)12-18-17(20)13-19(23(2,21)22)16-6-4-3-5-7-16/h3-11H,12-13H2,1-2H3,(H,18,20). The van der Waals surface area contributed by atoms with E-state index in [0.717, 1.165) is 21.7 Å². The Bertz CT molecular complexity index is 756. The highest BCUT2D eigenvalue weighted by Crippen LogP contribution is 2.16. The first kappa shape index (κ1) is 17.0. The fourth-order valence-electron chi connectivity index (χ4n) is 2.09. The molecule has 0 aliphatic rings. The lowest BCUT2D eigenvalue weighted by Gasteiger charge is -2.21. The molecule has 0 aliphatic carbocycles. The van der Waals surface area contributed by atoms with Gasteiger partial charge in [-0.15, -0.1) is 0 Å². The maximum atomic E-state index is 12.1. The summed E-state index contributed by atoms with van der Waals surface area (Å²) in [6.07, 6.45) is 1.09. The molecule has 0 saturated carbocycles. The number of carbonyl (C=O) groups excluding carboxylic acids is 1. The summed E-state index contributed by atoms with van der Waals surface area (Å²) < 4.78 is 24.9. The minimum atomic E-state index is -3.53. The lowest BCUT2D eigenvalue weighted by molar-refractivity contribution is -0.119. The molecule has 0 fully saturated rings. The number of aryl methyl sites for hydroxylation is 1. The molecular formula is C17H20N2O3S. The molecule has 0 atom stereocenters. The third kappa shape index (κ3) is 5.10. The van der Waals surface area contributed by atoms with E-state index in [2.05, 4.69) is 5.32 Å². The first-order chi connectivity index (χ1) is 10.9. The van der Waals surface area contributed by atoms with Gasteiger partial charge in [-0.05, 0) is 24.6 Å². The van der Waals surface area contributed by atoms with Crippen molar-refractivity contribution in [3.05, 3.63) is 65.7 Å². The van der Waals surface area contributed by atoms with E-state index in [4.69, 9.17) is 0 Å². The van der Waals surface area contributed by atoms with Crippen LogP contribution >= 0.6 is 0 Å². The fraction of sp³-hybridized carbons (Fsp3) is 0.235. The number of rotatable bonds is 6. The molecule has 0 aliphatic heterocycles. The van der Waals surface area contributed by atoms with Crippen LogP contribution in [0.1, 0.15) is 11.1 Å². The van der Waals surface area contributed by atoms with Gasteiger partial charge in [0.2, 0.25) is 15.9 Å². The Morgan fingerprint density at radius 1 is 1.04 bits per heavy atom. The van der Waals surface area contributed by atoms with Crippen LogP contribution in [0.15, 0.2) is 54.6 Å². The lowest BCUT2D eigenvalue weighted by Crippen LogP contribution is -2.40. The Balaban J connectivity index is 2.02. The maximum absolute atomic E-state index is 12.1. The largest absolute Gasteiger partial charge is 0.350 e. The van der Waals surface area contributed by atoms with Gasteiger partial charge in [-0.3, -0.25) is 9.10 Å². The van der Waals surface area contributed by atoms with Gasteiger partial charge < -0.3 is 5.32 Å². The zero-order chi connectivity index (χ0) is 16.9. The summed E-state index contributed by atoms with van der Waals surface area (Å²) in [5.74, 6) is -0.347. The van der Waals surface area contributed by atoms with Crippen molar-refractivity contribution in [1.82, 2.24) is 5.32 Å². The Labute approximate surface area is 137 Å². The van der Waals surface area contributed by atoms with Gasteiger partial charge in [-0.1, -0.05) is 48.0 Å². The summed E-state index contributed by atoms with van der Waals surface area (Å²) in [5.41, 5.74) is 2.59. The molecule has 2 aromatic rings. The van der Waals surface area contributed by atoms with E-state index in [1.54, 1.807) is 30.3 Å². The second kappa shape index (κ2) is 7.28. The van der Waals surface area contributed by atoms with Gasteiger partial charge in [-0.2, -0.15) is 0 Å². The monoisotopic (exact) mass is 332 g/mol. The molecule has 6 heteroatoms. The van der Waals surface area contributed by atoms with Crippen molar-refractivity contribution >= 4 is 21.6 Å². The number of anilines is 1. The number of sulfonamides is 1. The van der Waals surface area contributed by atoms with Gasteiger partial charge >= 0.3 is 0 Å². The molecule has 23 heavy (non-hydrogen) atoms. The smallest absolute Gasteiger partial charge is 0.241 e. The van der Waals surface area contributed by atoms with Crippen molar-refractivity contribution in [2.45, 2.75) is 13.5 Å². The van der Waals surface area contributed by atoms with Crippen molar-refractivity contribution in [3.63, 3.8) is 0 Å². The van der Waals surface area contributed by atoms with E-state index >= 15 is 0 Å². The SMILES string of the molecule is Cc1ccc(CNC(=O)CN(c2ccccc2)S(C)(=O)=O)cc1. The number of amides is 1. The third-order valence-electron chi connectivity index (χ3n) is 3.34. The summed E-state index contributed by atoms with van der Waals surface area (Å²) in [7, 11) is -3.53. The van der Waals surface area contributed by atoms with E-state index in [0.29, 0.717) is 12.2 Å². The van der Waals surface area contributed by atoms with Crippen molar-refractivity contribution in [2.24, 2.45) is 0 Å². The average Bonchev–Trinajstić information content (AvgIpc) is 2.52. The van der Waals surface area contributed by atoms with E-state index in [-0.39, 0.29) is 12.5 Å². The number of nitrogens with zero attached hydrogens (tertiary/aromatic N) is 1. The van der Waals surface area contributed by atoms with Gasteiger partial charge in [-0.25, -0.2) is 8.42 Å². The van der Waals surface area contributed by atoms with Crippen LogP contribution in [0.3, 0.4) is 0 Å². The molecular weight excluding hydrogens is 312 g/mol. The van der Waals surface area contributed by atoms with Crippen LogP contribution in [-0.4, -0.2) is 27.1 Å². The first-order valence-corrected chi connectivity index (χ1v) is 9.06. The first-order valence-electron chi connectivity index (χ1n) is 7.21. The minimum absolute atomic E-state index is 0.241. The van der Waals surface area contributed by atoms with Crippen LogP contribution in [0.2, 0.25) is 0 Å². The van der Waals surface area contributed by atoms with Crippen molar-refractivity contribution in [3.8, 4) is 0 Å². The topological polar surface area (TPSA) is 66.5 Å². The quantitative estimate of drug-likeness (QED) is 0.881. The number of hydrogen-bond acceptors (Lipinski definition) is 3. The predicted octanol–water partition coefficient (Wildman–Crippen LogP) is 2.08. The van der Waals surface area contributed by atoms with Crippen LogP contribution in [0, 0.1) is 6.92 Å². The van der Waals surface area contributed by atoms with Gasteiger partial charge in [0.1, 0.15) is 6.54 Å². The second-order valence-electron chi connectivity index (χ2n) is 5.37. The Kier molecular flexibility index (Phi) is 5.39. The number of carbonyl (C=O) groups is 1. The Hall–Kier alpha value is -2.34. The zero-order valence-electron chi connectivity index (χ0n) is 13.2. The summed E-state index contributed by atoms with van der Waals surface area (Å²) >= 11 is 0. The molecule has 0 bridgehead atoms. The molecule has 5 nitrogen and oxygen atoms in total. The number of para-hydroxylation sites is 1. The van der Waals surface area contributed by atoms with E-state index < -0.39 is 10.0 Å². The molecule has 0 spiro atoms. The number of nitrogens with one attached hydrogen (secondary N) is 1. The average molecular weight is 332 g/mol. The van der Waals surface area contributed by atoms with Crippen LogP contribution in [-0.2, 0) is 21.4 Å². The molecule has 0 aromatic heterocycles. The zero-order valence-corrected chi connectivity index (χ0v) is 14.0. The van der Waals surface area contributed by atoms with E-state index in [1.807, 2.05) is 31.2 Å². The predicted molar refractivity (Wildman–Crippen MR) is 91.7 cm³/mol. The molecule has 0 heterocycles. The highest BCUT2D eigenvalue weighted by atomic mass is 32.2. The molecule has 2 rings (SSSR count). The summed E-state index contributed by atoms with van der Waals surface area (Å²) in [6, 6.07) is 16.4. The van der Waals surface area contributed by atoms with Crippen LogP contribution in [0.4, 0.5) is 5.69 Å². The summed E-state index contributed by atoms with van der Waals surface area (Å²) in [6.45, 7) is 2.12. The molecule has 2 aromatic carbocycles. The van der Waals surface area contributed by atoms with Crippen molar-refractivity contribution in [2.75, 3.05) is 17.1 Å². The number of benzene rings is 2. The highest BCUT2D eigenvalue weighted by Gasteiger charge is 2.20. The van der Waals surface area contributed by atoms with Gasteiger partial charge in [0.05, 0.1) is 11.9 Å². The second-order valence-corrected chi connectivity index (χ2v) is 7.27. The van der Waals surface area contributed by atoms with Gasteiger partial charge in [0.15, 0.2) is 0 Å². The van der Waals surface area contributed by atoms with Crippen LogP contribution in [0.25, 0.3) is 0 Å². The molecule has 1 N–H and O–H groups in total. The lowest BCUT2D eigenvalue weighted by atomic mass is 10.1. The molecule has 0 radical (unpaired) electrons. The minimum Gasteiger partial charge on any atom is -0.350 e. The molecule has 0 saturated heterocycles. The Morgan fingerprint density at radius 2 is 1.65 bits per heavy atom. The van der Waals surface area contributed by atoms with Crippen molar-refractivity contribution in [1.29, 1.82) is 0 Å². The summed E-state index contributed by atoms with van der Waals surface area (Å²) in [5, 5.41) is 2.75. The Morgan fingerprint density at radius 3 is 2.22 bits per heavy atom. The van der Waals surface area contributed by atoms with Gasteiger partial charge in [0.25, 0.3) is 0 Å². The molecule has 122 valence electrons. The van der Waals surface area contributed by atoms with E-state index in [1.165, 1.54) is 0 Å². The van der Waals surface area contributed by atoms with Crippen LogP contribution < -0.4 is 9.62 Å². The highest BCUT2D eigenvalue weighted by molar-refractivity contribution is 7.92. The fourth-order valence-corrected chi connectivity index (χ4v) is 2.94. The number of hydrogen-bond donors (Lipinski definition) is 1. The molecule has 1 amide bonds. The van der Waals surface area contributed by atoms with Gasteiger partial charge in [0, 0.05) is 6.54 Å². The normalized spacial score (nSPS) is 11.0. The van der Waals surface area contributed by atoms with E-state index in [9.17, 15) is 13.2 Å². The maximum Gasteiger partial charge on any atom is 0.241 e. The van der Waals surface area contributed by atoms with Crippen molar-refractivity contribution < 1.29 is 13.2 Å². The molecule has 0 unspecified atom stereocenters. The third-order valence-corrected chi connectivity index (χ3v) is 4.48. The van der Waals surface area contributed by atoms with Crippen LogP contribution in [0.5, 0.6) is 0 Å². The summed E-state index contributed by atoms with van der Waals surface area (Å²) in [4.78, 5) is 12.1.